The minimum atomic E-state index is 0.258. The number of fused-ring (bicyclic) bond motifs is 1. The summed E-state index contributed by atoms with van der Waals surface area (Å²) in [5.41, 5.74) is 0. The van der Waals surface area contributed by atoms with Gasteiger partial charge in [-0.25, -0.2) is 0 Å². The lowest BCUT2D eigenvalue weighted by Crippen LogP contribution is -2.49. The number of hydrogen-bond acceptors (Lipinski definition) is 4. The van der Waals surface area contributed by atoms with Crippen molar-refractivity contribution in [1.82, 2.24) is 4.90 Å². The first-order valence-corrected chi connectivity index (χ1v) is 7.25. The zero-order valence-corrected chi connectivity index (χ0v) is 10.7. The van der Waals surface area contributed by atoms with Gasteiger partial charge in [-0.1, -0.05) is 6.07 Å². The summed E-state index contributed by atoms with van der Waals surface area (Å²) in [7, 11) is 0. The molecule has 4 heteroatoms. The highest BCUT2D eigenvalue weighted by Gasteiger charge is 2.42. The van der Waals surface area contributed by atoms with E-state index in [-0.39, 0.29) is 12.7 Å². The summed E-state index contributed by atoms with van der Waals surface area (Å²) in [6, 6.07) is 4.83. The van der Waals surface area contributed by atoms with Crippen molar-refractivity contribution in [3.8, 4) is 0 Å². The molecule has 2 fully saturated rings. The van der Waals surface area contributed by atoms with E-state index in [1.165, 1.54) is 11.3 Å². The number of rotatable bonds is 3. The maximum Gasteiger partial charge on any atom is 0.0780 e. The van der Waals surface area contributed by atoms with Gasteiger partial charge in [-0.3, -0.25) is 4.90 Å². The van der Waals surface area contributed by atoms with Crippen LogP contribution < -0.4 is 0 Å². The summed E-state index contributed by atoms with van der Waals surface area (Å²) < 4.78 is 5.86. The van der Waals surface area contributed by atoms with Gasteiger partial charge in [0, 0.05) is 36.5 Å². The van der Waals surface area contributed by atoms with Crippen molar-refractivity contribution in [3.63, 3.8) is 0 Å². The van der Waals surface area contributed by atoms with Gasteiger partial charge in [-0.15, -0.1) is 11.3 Å². The largest absolute Gasteiger partial charge is 0.396 e. The van der Waals surface area contributed by atoms with Gasteiger partial charge in [-0.2, -0.15) is 0 Å². The quantitative estimate of drug-likeness (QED) is 0.890. The normalized spacial score (nSPS) is 33.8. The lowest BCUT2D eigenvalue weighted by Gasteiger charge is -2.38. The zero-order chi connectivity index (χ0) is 11.7. The van der Waals surface area contributed by atoms with Crippen molar-refractivity contribution in [1.29, 1.82) is 0 Å². The molecule has 2 aliphatic rings. The Morgan fingerprint density at radius 3 is 3.18 bits per heavy atom. The second-order valence-corrected chi connectivity index (χ2v) is 6.00. The van der Waals surface area contributed by atoms with Crippen LogP contribution in [0.15, 0.2) is 17.5 Å². The molecule has 0 spiro atoms. The molecule has 1 saturated heterocycles. The van der Waals surface area contributed by atoms with Gasteiger partial charge in [0.1, 0.15) is 0 Å². The Morgan fingerprint density at radius 2 is 2.41 bits per heavy atom. The Labute approximate surface area is 106 Å². The predicted molar refractivity (Wildman–Crippen MR) is 68.1 cm³/mol. The van der Waals surface area contributed by atoms with Crippen LogP contribution in [0.3, 0.4) is 0 Å². The van der Waals surface area contributed by atoms with Crippen LogP contribution >= 0.6 is 11.3 Å². The fraction of sp³-hybridized carbons (Fsp3) is 0.692. The van der Waals surface area contributed by atoms with Gasteiger partial charge in [0.05, 0.1) is 12.7 Å². The number of aliphatic hydroxyl groups is 1. The van der Waals surface area contributed by atoms with Crippen LogP contribution in [0.4, 0.5) is 0 Å². The molecule has 0 unspecified atom stereocenters. The molecule has 2 heterocycles. The molecule has 1 aromatic rings. The van der Waals surface area contributed by atoms with Crippen LogP contribution in [0.1, 0.15) is 17.7 Å². The second kappa shape index (κ2) is 5.06. The van der Waals surface area contributed by atoms with E-state index in [2.05, 4.69) is 22.4 Å². The van der Waals surface area contributed by atoms with Crippen LogP contribution in [0, 0.1) is 5.92 Å². The Bertz CT molecular complexity index is 354. The molecule has 1 saturated carbocycles. The molecule has 1 N–H and O–H groups in total. The van der Waals surface area contributed by atoms with Crippen molar-refractivity contribution < 1.29 is 9.84 Å². The van der Waals surface area contributed by atoms with Crippen molar-refractivity contribution >= 4 is 11.3 Å². The average Bonchev–Trinajstić information content (AvgIpc) is 2.97. The number of nitrogens with zero attached hydrogens (tertiary/aromatic N) is 1. The molecule has 3 nitrogen and oxygen atoms in total. The van der Waals surface area contributed by atoms with E-state index < -0.39 is 0 Å². The molecule has 1 aliphatic carbocycles. The number of hydrogen-bond donors (Lipinski definition) is 1. The summed E-state index contributed by atoms with van der Waals surface area (Å²) >= 11 is 1.83. The van der Waals surface area contributed by atoms with E-state index in [0.717, 1.165) is 26.1 Å². The molecule has 1 aliphatic heterocycles. The maximum absolute atomic E-state index is 9.35. The summed E-state index contributed by atoms with van der Waals surface area (Å²) in [6.07, 6.45) is 2.53. The Balaban J connectivity index is 1.69. The number of ether oxygens (including phenoxy) is 1. The molecule has 0 aromatic carbocycles. The van der Waals surface area contributed by atoms with Crippen molar-refractivity contribution in [2.75, 3.05) is 19.8 Å². The Kier molecular flexibility index (Phi) is 3.47. The Hall–Kier alpha value is -0.420. The summed E-state index contributed by atoms with van der Waals surface area (Å²) in [6.45, 7) is 3.15. The molecule has 3 atom stereocenters. The monoisotopic (exact) mass is 253 g/mol. The van der Waals surface area contributed by atoms with E-state index in [0.29, 0.717) is 12.0 Å². The van der Waals surface area contributed by atoms with Crippen LogP contribution in [0.25, 0.3) is 0 Å². The second-order valence-electron chi connectivity index (χ2n) is 4.97. The van der Waals surface area contributed by atoms with E-state index in [4.69, 9.17) is 4.74 Å². The fourth-order valence-electron chi connectivity index (χ4n) is 3.13. The summed E-state index contributed by atoms with van der Waals surface area (Å²) in [5, 5.41) is 11.5. The predicted octanol–water partition coefficient (Wildman–Crippen LogP) is 1.72. The highest BCUT2D eigenvalue weighted by molar-refractivity contribution is 7.09. The van der Waals surface area contributed by atoms with Crippen LogP contribution in [-0.4, -0.2) is 41.9 Å². The maximum atomic E-state index is 9.35. The molecule has 0 radical (unpaired) electrons. The fourth-order valence-corrected chi connectivity index (χ4v) is 3.86. The minimum absolute atomic E-state index is 0.258. The van der Waals surface area contributed by atoms with E-state index in [1.807, 2.05) is 11.3 Å². The molecule has 1 aromatic heterocycles. The lowest BCUT2D eigenvalue weighted by molar-refractivity contribution is -0.0827. The van der Waals surface area contributed by atoms with Crippen LogP contribution in [0.2, 0.25) is 0 Å². The summed E-state index contributed by atoms with van der Waals surface area (Å²) in [5.74, 6) is 0.353. The smallest absolute Gasteiger partial charge is 0.0780 e. The third kappa shape index (κ3) is 2.27. The van der Waals surface area contributed by atoms with Crippen molar-refractivity contribution in [2.45, 2.75) is 31.5 Å². The third-order valence-corrected chi connectivity index (χ3v) is 4.87. The van der Waals surface area contributed by atoms with Crippen LogP contribution in [0.5, 0.6) is 0 Å². The average molecular weight is 253 g/mol. The van der Waals surface area contributed by atoms with Gasteiger partial charge >= 0.3 is 0 Å². The van der Waals surface area contributed by atoms with Gasteiger partial charge < -0.3 is 9.84 Å². The molecule has 94 valence electrons. The lowest BCUT2D eigenvalue weighted by atomic mass is 10.0. The van der Waals surface area contributed by atoms with E-state index in [9.17, 15) is 5.11 Å². The highest BCUT2D eigenvalue weighted by Crippen LogP contribution is 2.35. The highest BCUT2D eigenvalue weighted by atomic mass is 32.1. The van der Waals surface area contributed by atoms with Crippen molar-refractivity contribution in [2.24, 2.45) is 5.92 Å². The molecular formula is C13H19NO2S. The Morgan fingerprint density at radius 1 is 1.47 bits per heavy atom. The minimum Gasteiger partial charge on any atom is -0.396 e. The molecule has 0 bridgehead atoms. The molecule has 0 amide bonds. The van der Waals surface area contributed by atoms with Crippen molar-refractivity contribution in [3.05, 3.63) is 22.4 Å². The number of aliphatic hydroxyl groups excluding tert-OH is 1. The third-order valence-electron chi connectivity index (χ3n) is 4.01. The van der Waals surface area contributed by atoms with Gasteiger partial charge in [0.25, 0.3) is 0 Å². The van der Waals surface area contributed by atoms with E-state index in [1.54, 1.807) is 0 Å². The van der Waals surface area contributed by atoms with Gasteiger partial charge in [0.15, 0.2) is 0 Å². The first-order valence-electron chi connectivity index (χ1n) is 6.37. The van der Waals surface area contributed by atoms with E-state index >= 15 is 0 Å². The number of morpholine rings is 1. The van der Waals surface area contributed by atoms with Crippen LogP contribution in [-0.2, 0) is 11.3 Å². The zero-order valence-electron chi connectivity index (χ0n) is 9.92. The molecule has 3 rings (SSSR count). The standard InChI is InChI=1S/C13H19NO2S/c15-9-10-3-4-12-13(10)16-6-5-14(12)8-11-2-1-7-17-11/h1-2,7,10,12-13,15H,3-6,8-9H2/t10-,12+,13+/m0/s1. The topological polar surface area (TPSA) is 32.7 Å². The number of thiophene rings is 1. The first kappa shape index (κ1) is 11.7. The SMILES string of the molecule is OC[C@@H]1CC[C@@H]2[C@@H]1OCCN2Cc1cccs1. The molecular weight excluding hydrogens is 234 g/mol. The molecule has 17 heavy (non-hydrogen) atoms. The summed E-state index contributed by atoms with van der Waals surface area (Å²) in [4.78, 5) is 3.97. The first-order chi connectivity index (χ1) is 8.38. The van der Waals surface area contributed by atoms with Gasteiger partial charge in [0.2, 0.25) is 0 Å². The van der Waals surface area contributed by atoms with Gasteiger partial charge in [-0.05, 0) is 24.3 Å².